The summed E-state index contributed by atoms with van der Waals surface area (Å²) in [4.78, 5) is 24.3. The number of carbonyl (C=O) groups excluding carboxylic acids is 1. The molecule has 0 radical (unpaired) electrons. The van der Waals surface area contributed by atoms with Gasteiger partial charge in [0, 0.05) is 6.20 Å². The number of aromatic nitrogens is 1. The average molecular weight is 221 g/mol. The van der Waals surface area contributed by atoms with Gasteiger partial charge in [-0.3, -0.25) is 14.3 Å². The smallest absolute Gasteiger partial charge is 0.279 e. The van der Waals surface area contributed by atoms with Crippen LogP contribution in [-0.2, 0) is 0 Å². The maximum atomic E-state index is 11.0. The molecule has 1 aromatic heterocycles. The topological polar surface area (TPSA) is 82.2 Å². The van der Waals surface area contributed by atoms with Crippen molar-refractivity contribution in [1.29, 1.82) is 0 Å². The maximum absolute atomic E-state index is 11.0. The summed E-state index contributed by atoms with van der Waals surface area (Å²) in [5.74, 6) is -1.19. The van der Waals surface area contributed by atoms with Crippen LogP contribution in [0, 0.1) is 0 Å². The molecule has 0 aliphatic heterocycles. The largest absolute Gasteiger partial charge is 0.503 e. The molecule has 0 unspecified atom stereocenters. The van der Waals surface area contributed by atoms with Crippen molar-refractivity contribution in [3.8, 4) is 5.75 Å². The zero-order valence-corrected chi connectivity index (χ0v) is 7.82. The van der Waals surface area contributed by atoms with E-state index in [2.05, 4.69) is 17.8 Å². The van der Waals surface area contributed by atoms with Gasteiger partial charge in [-0.1, -0.05) is 24.4 Å². The Hall–Kier alpha value is -1.14. The first-order chi connectivity index (χ1) is 6.07. The van der Waals surface area contributed by atoms with Gasteiger partial charge >= 0.3 is 0 Å². The number of H-pyrrole nitrogens is 1. The Morgan fingerprint density at radius 3 is 2.85 bits per heavy atom. The highest BCUT2D eigenvalue weighted by molar-refractivity contribution is 7.78. The number of halogens is 1. The van der Waals surface area contributed by atoms with Gasteiger partial charge in [-0.25, -0.2) is 0 Å². The summed E-state index contributed by atoms with van der Waals surface area (Å²) in [6, 6.07) is 0. The molecule has 3 N–H and O–H groups in total. The summed E-state index contributed by atoms with van der Waals surface area (Å²) < 4.78 is 1.99. The number of hydrogen-bond acceptors (Lipinski definition) is 4. The number of nitrogens with one attached hydrogen (secondary N) is 2. The normalized spacial score (nSPS) is 9.69. The van der Waals surface area contributed by atoms with Gasteiger partial charge in [0.15, 0.2) is 5.75 Å². The van der Waals surface area contributed by atoms with Gasteiger partial charge in [-0.2, -0.15) is 0 Å². The number of carbonyl (C=O) groups is 1. The zero-order chi connectivity index (χ0) is 10.0. The molecule has 70 valence electrons. The van der Waals surface area contributed by atoms with Gasteiger partial charge in [-0.05, 0) is 0 Å². The third kappa shape index (κ3) is 1.78. The van der Waals surface area contributed by atoms with Gasteiger partial charge in [0.05, 0.1) is 0 Å². The first kappa shape index (κ1) is 9.94. The second kappa shape index (κ2) is 3.71. The number of hydrogen-bond donors (Lipinski definition) is 4. The van der Waals surface area contributed by atoms with Crippen molar-refractivity contribution in [3.05, 3.63) is 27.1 Å². The maximum Gasteiger partial charge on any atom is 0.279 e. The van der Waals surface area contributed by atoms with Crippen molar-refractivity contribution >= 4 is 30.3 Å². The van der Waals surface area contributed by atoms with Gasteiger partial charge in [-0.15, -0.1) is 0 Å². The summed E-state index contributed by atoms with van der Waals surface area (Å²) in [6.45, 7) is 0. The minimum absolute atomic E-state index is 0.139. The van der Waals surface area contributed by atoms with Crippen LogP contribution in [-0.4, -0.2) is 16.0 Å². The van der Waals surface area contributed by atoms with E-state index in [-0.39, 0.29) is 10.7 Å². The number of rotatable bonds is 1. The van der Waals surface area contributed by atoms with E-state index >= 15 is 0 Å². The van der Waals surface area contributed by atoms with Crippen LogP contribution in [0.25, 0.3) is 0 Å². The monoisotopic (exact) mass is 220 g/mol. The quantitative estimate of drug-likeness (QED) is 0.514. The number of aromatic amines is 1. The Balaban J connectivity index is 3.35. The molecule has 1 amide bonds. The fourth-order valence-corrected chi connectivity index (χ4v) is 1.07. The highest BCUT2D eigenvalue weighted by Crippen LogP contribution is 2.11. The third-order valence-corrected chi connectivity index (χ3v) is 1.90. The van der Waals surface area contributed by atoms with Crippen molar-refractivity contribution in [2.75, 3.05) is 0 Å². The Labute approximate surface area is 83.3 Å². The lowest BCUT2D eigenvalue weighted by Crippen LogP contribution is -2.18. The van der Waals surface area contributed by atoms with Gasteiger partial charge < -0.3 is 10.1 Å². The summed E-state index contributed by atoms with van der Waals surface area (Å²) >= 11 is 8.97. The second-order valence-electron chi connectivity index (χ2n) is 2.13. The van der Waals surface area contributed by atoms with Crippen LogP contribution in [0.4, 0.5) is 0 Å². The minimum Gasteiger partial charge on any atom is -0.503 e. The van der Waals surface area contributed by atoms with E-state index in [1.807, 2.05) is 4.72 Å². The standard InChI is InChI=1S/C6H5ClN2O3S/c7-3-4(6(12)9-13)8-1-2(10)5(3)11/h1,10,13H,(H,8,11)(H,9,12). The second-order valence-corrected chi connectivity index (χ2v) is 2.73. The first-order valence-corrected chi connectivity index (χ1v) is 3.95. The Kier molecular flexibility index (Phi) is 2.84. The van der Waals surface area contributed by atoms with Crippen LogP contribution in [0.1, 0.15) is 10.5 Å². The lowest BCUT2D eigenvalue weighted by Gasteiger charge is -2.01. The summed E-state index contributed by atoms with van der Waals surface area (Å²) in [5, 5.41) is 8.53. The minimum atomic E-state index is -0.799. The number of pyridine rings is 1. The molecule has 0 atom stereocenters. The molecule has 1 rings (SSSR count). The van der Waals surface area contributed by atoms with Gasteiger partial charge in [0.2, 0.25) is 5.43 Å². The van der Waals surface area contributed by atoms with Crippen LogP contribution in [0.3, 0.4) is 0 Å². The third-order valence-electron chi connectivity index (χ3n) is 1.33. The highest BCUT2D eigenvalue weighted by atomic mass is 35.5. The van der Waals surface area contributed by atoms with Crippen molar-refractivity contribution in [2.24, 2.45) is 0 Å². The van der Waals surface area contributed by atoms with E-state index in [0.717, 1.165) is 6.20 Å². The molecular weight excluding hydrogens is 216 g/mol. The number of amides is 1. The van der Waals surface area contributed by atoms with Crippen molar-refractivity contribution in [3.63, 3.8) is 0 Å². The SMILES string of the molecule is O=C(NS)c1[nH]cc(O)c(=O)c1Cl. The number of thiol groups is 1. The summed E-state index contributed by atoms with van der Waals surface area (Å²) in [6.07, 6.45) is 0.979. The van der Waals surface area contributed by atoms with Crippen LogP contribution >= 0.6 is 24.4 Å². The van der Waals surface area contributed by atoms with Crippen molar-refractivity contribution < 1.29 is 9.90 Å². The predicted molar refractivity (Wildman–Crippen MR) is 50.2 cm³/mol. The van der Waals surface area contributed by atoms with Crippen LogP contribution in [0.15, 0.2) is 11.0 Å². The lowest BCUT2D eigenvalue weighted by atomic mass is 10.3. The predicted octanol–water partition coefficient (Wildman–Crippen LogP) is 0.308. The summed E-state index contributed by atoms with van der Waals surface area (Å²) in [7, 11) is 0. The molecular formula is C6H5ClN2O3S. The molecule has 13 heavy (non-hydrogen) atoms. The van der Waals surface area contributed by atoms with E-state index in [1.54, 1.807) is 0 Å². The molecule has 0 bridgehead atoms. The molecule has 0 aliphatic rings. The summed E-state index contributed by atoms with van der Waals surface area (Å²) in [5.41, 5.74) is -0.938. The fraction of sp³-hybridized carbons (Fsp3) is 0. The van der Waals surface area contributed by atoms with Crippen LogP contribution < -0.4 is 10.2 Å². The van der Waals surface area contributed by atoms with Gasteiger partial charge in [0.25, 0.3) is 5.91 Å². The first-order valence-electron chi connectivity index (χ1n) is 3.12. The Morgan fingerprint density at radius 1 is 1.69 bits per heavy atom. The Morgan fingerprint density at radius 2 is 2.31 bits per heavy atom. The van der Waals surface area contributed by atoms with E-state index < -0.39 is 17.1 Å². The molecule has 5 nitrogen and oxygen atoms in total. The molecule has 7 heteroatoms. The molecule has 0 fully saturated rings. The molecule has 0 saturated carbocycles. The van der Waals surface area contributed by atoms with Crippen molar-refractivity contribution in [1.82, 2.24) is 9.71 Å². The lowest BCUT2D eigenvalue weighted by molar-refractivity contribution is 0.0980. The van der Waals surface area contributed by atoms with Gasteiger partial charge in [0.1, 0.15) is 10.7 Å². The molecule has 0 aromatic carbocycles. The molecule has 1 heterocycles. The van der Waals surface area contributed by atoms with Crippen LogP contribution in [0.5, 0.6) is 5.75 Å². The van der Waals surface area contributed by atoms with E-state index in [0.29, 0.717) is 0 Å². The Bertz CT molecular complexity index is 403. The molecule has 0 saturated heterocycles. The zero-order valence-electron chi connectivity index (χ0n) is 6.17. The molecule has 1 aromatic rings. The molecule has 0 spiro atoms. The van der Waals surface area contributed by atoms with E-state index in [1.165, 1.54) is 0 Å². The van der Waals surface area contributed by atoms with E-state index in [9.17, 15) is 9.59 Å². The highest BCUT2D eigenvalue weighted by Gasteiger charge is 2.14. The van der Waals surface area contributed by atoms with Crippen molar-refractivity contribution in [2.45, 2.75) is 0 Å². The molecule has 0 aliphatic carbocycles. The number of aromatic hydroxyl groups is 1. The van der Waals surface area contributed by atoms with E-state index in [4.69, 9.17) is 16.7 Å². The average Bonchev–Trinajstić information content (AvgIpc) is 2.13. The fourth-order valence-electron chi connectivity index (χ4n) is 0.717. The van der Waals surface area contributed by atoms with Crippen LogP contribution in [0.2, 0.25) is 5.02 Å².